The summed E-state index contributed by atoms with van der Waals surface area (Å²) in [6.45, 7) is 0. The molecule has 4 rings (SSSR count). The SMILES string of the molecule is CN(c1ccccc1)S(=O)(=O)c1ccc(C(=O)Nc2ccc(Cl)cc2C(=O)c2ccccc2Cl)cc1. The average molecular weight is 539 g/mol. The van der Waals surface area contributed by atoms with Crippen LogP contribution in [0.5, 0.6) is 0 Å². The summed E-state index contributed by atoms with van der Waals surface area (Å²) >= 11 is 12.3. The maximum absolute atomic E-state index is 13.1. The van der Waals surface area contributed by atoms with Crippen molar-refractivity contribution in [1.82, 2.24) is 0 Å². The van der Waals surface area contributed by atoms with Crippen molar-refractivity contribution in [3.05, 3.63) is 124 Å². The van der Waals surface area contributed by atoms with E-state index in [0.717, 1.165) is 0 Å². The van der Waals surface area contributed by atoms with Gasteiger partial charge in [0.1, 0.15) is 0 Å². The van der Waals surface area contributed by atoms with Crippen LogP contribution in [0.2, 0.25) is 10.0 Å². The predicted octanol–water partition coefficient (Wildman–Crippen LogP) is 6.30. The molecule has 0 aromatic heterocycles. The number of rotatable bonds is 7. The molecule has 0 aliphatic carbocycles. The number of carbonyl (C=O) groups excluding carboxylic acids is 2. The Hall–Kier alpha value is -3.65. The van der Waals surface area contributed by atoms with E-state index in [0.29, 0.717) is 10.7 Å². The summed E-state index contributed by atoms with van der Waals surface area (Å²) in [5.41, 5.74) is 1.41. The molecular formula is C27H20Cl2N2O4S. The molecule has 0 bridgehead atoms. The Kier molecular flexibility index (Phi) is 7.45. The van der Waals surface area contributed by atoms with E-state index in [1.165, 1.54) is 47.8 Å². The van der Waals surface area contributed by atoms with Gasteiger partial charge in [-0.25, -0.2) is 8.42 Å². The molecule has 0 heterocycles. The largest absolute Gasteiger partial charge is 0.321 e. The van der Waals surface area contributed by atoms with E-state index in [1.54, 1.807) is 60.7 Å². The van der Waals surface area contributed by atoms with Gasteiger partial charge in [0.15, 0.2) is 5.78 Å². The number of nitrogens with one attached hydrogen (secondary N) is 1. The number of para-hydroxylation sites is 1. The Morgan fingerprint density at radius 2 is 1.42 bits per heavy atom. The lowest BCUT2D eigenvalue weighted by atomic mass is 10.0. The number of carbonyl (C=O) groups is 2. The Labute approximate surface area is 219 Å². The minimum atomic E-state index is -3.82. The fourth-order valence-electron chi connectivity index (χ4n) is 3.51. The van der Waals surface area contributed by atoms with E-state index in [1.807, 2.05) is 0 Å². The van der Waals surface area contributed by atoms with Crippen LogP contribution in [0, 0.1) is 0 Å². The van der Waals surface area contributed by atoms with Crippen LogP contribution >= 0.6 is 23.2 Å². The van der Waals surface area contributed by atoms with Gasteiger partial charge >= 0.3 is 0 Å². The average Bonchev–Trinajstić information content (AvgIpc) is 2.89. The Morgan fingerprint density at radius 1 is 0.778 bits per heavy atom. The summed E-state index contributed by atoms with van der Waals surface area (Å²) < 4.78 is 27.1. The topological polar surface area (TPSA) is 83.6 Å². The molecule has 1 amide bonds. The van der Waals surface area contributed by atoms with Crippen molar-refractivity contribution in [2.75, 3.05) is 16.7 Å². The van der Waals surface area contributed by atoms with E-state index < -0.39 is 21.7 Å². The van der Waals surface area contributed by atoms with E-state index in [4.69, 9.17) is 23.2 Å². The van der Waals surface area contributed by atoms with Crippen molar-refractivity contribution in [3.63, 3.8) is 0 Å². The van der Waals surface area contributed by atoms with Gasteiger partial charge in [-0.2, -0.15) is 0 Å². The lowest BCUT2D eigenvalue weighted by Gasteiger charge is -2.19. The second kappa shape index (κ2) is 10.5. The first-order chi connectivity index (χ1) is 17.2. The van der Waals surface area contributed by atoms with Crippen LogP contribution in [0.1, 0.15) is 26.3 Å². The molecule has 9 heteroatoms. The summed E-state index contributed by atoms with van der Waals surface area (Å²) in [7, 11) is -2.36. The van der Waals surface area contributed by atoms with Crippen molar-refractivity contribution in [1.29, 1.82) is 0 Å². The maximum atomic E-state index is 13.1. The number of hydrogen-bond donors (Lipinski definition) is 1. The molecular weight excluding hydrogens is 519 g/mol. The fourth-order valence-corrected chi connectivity index (χ4v) is 5.10. The molecule has 0 saturated carbocycles. The highest BCUT2D eigenvalue weighted by atomic mass is 35.5. The van der Waals surface area contributed by atoms with E-state index in [-0.39, 0.29) is 32.3 Å². The Bertz CT molecular complexity index is 1540. The van der Waals surface area contributed by atoms with E-state index >= 15 is 0 Å². The molecule has 4 aromatic rings. The summed E-state index contributed by atoms with van der Waals surface area (Å²) in [5, 5.41) is 3.30. The minimum Gasteiger partial charge on any atom is -0.321 e. The highest BCUT2D eigenvalue weighted by molar-refractivity contribution is 7.92. The number of sulfonamides is 1. The number of anilines is 2. The molecule has 36 heavy (non-hydrogen) atoms. The summed E-state index contributed by atoms with van der Waals surface area (Å²) in [4.78, 5) is 26.1. The number of nitrogens with zero attached hydrogens (tertiary/aromatic N) is 1. The van der Waals surface area contributed by atoms with Gasteiger partial charge in [-0.1, -0.05) is 53.5 Å². The highest BCUT2D eigenvalue weighted by Crippen LogP contribution is 2.27. The van der Waals surface area contributed by atoms with Crippen molar-refractivity contribution in [3.8, 4) is 0 Å². The molecule has 0 unspecified atom stereocenters. The third-order valence-electron chi connectivity index (χ3n) is 5.49. The monoisotopic (exact) mass is 538 g/mol. The molecule has 182 valence electrons. The number of hydrogen-bond acceptors (Lipinski definition) is 4. The quantitative estimate of drug-likeness (QED) is 0.280. The second-order valence-corrected chi connectivity index (χ2v) is 10.6. The van der Waals surface area contributed by atoms with Gasteiger partial charge < -0.3 is 5.32 Å². The zero-order valence-corrected chi connectivity index (χ0v) is 21.3. The van der Waals surface area contributed by atoms with Gasteiger partial charge in [0.2, 0.25) is 0 Å². The van der Waals surface area contributed by atoms with Gasteiger partial charge in [-0.05, 0) is 66.7 Å². The molecule has 4 aromatic carbocycles. The minimum absolute atomic E-state index is 0.0338. The van der Waals surface area contributed by atoms with Gasteiger partial charge in [-0.15, -0.1) is 0 Å². The van der Waals surface area contributed by atoms with Crippen molar-refractivity contribution in [2.24, 2.45) is 0 Å². The number of halogens is 2. The molecule has 6 nitrogen and oxygen atoms in total. The lowest BCUT2D eigenvalue weighted by Crippen LogP contribution is -2.26. The van der Waals surface area contributed by atoms with Crippen LogP contribution in [0.15, 0.2) is 102 Å². The molecule has 0 saturated heterocycles. The zero-order chi connectivity index (χ0) is 25.9. The normalized spacial score (nSPS) is 11.1. The number of ketones is 1. The van der Waals surface area contributed by atoms with Gasteiger partial charge in [-0.3, -0.25) is 13.9 Å². The third kappa shape index (κ3) is 5.28. The Balaban J connectivity index is 1.58. The number of benzene rings is 4. The first-order valence-electron chi connectivity index (χ1n) is 10.7. The lowest BCUT2D eigenvalue weighted by molar-refractivity contribution is 0.102. The molecule has 0 radical (unpaired) electrons. The second-order valence-electron chi connectivity index (χ2n) is 7.79. The molecule has 0 atom stereocenters. The standard InChI is InChI=1S/C27H20Cl2N2O4S/c1-31(20-7-3-2-4-8-20)36(34,35)21-14-11-18(12-15-21)27(33)30-25-16-13-19(28)17-23(25)26(32)22-9-5-6-10-24(22)29/h2-17H,1H3,(H,30,33). The summed E-state index contributed by atoms with van der Waals surface area (Å²) in [6.07, 6.45) is 0. The highest BCUT2D eigenvalue weighted by Gasteiger charge is 2.22. The van der Waals surface area contributed by atoms with Crippen molar-refractivity contribution < 1.29 is 18.0 Å². The molecule has 0 fully saturated rings. The maximum Gasteiger partial charge on any atom is 0.264 e. The first kappa shape index (κ1) is 25.4. The molecule has 0 aliphatic rings. The molecule has 0 spiro atoms. The first-order valence-corrected chi connectivity index (χ1v) is 12.9. The van der Waals surface area contributed by atoms with Gasteiger partial charge in [0.25, 0.3) is 15.9 Å². The fraction of sp³-hybridized carbons (Fsp3) is 0.0370. The zero-order valence-electron chi connectivity index (χ0n) is 19.0. The summed E-state index contributed by atoms with van der Waals surface area (Å²) in [5.74, 6) is -0.922. The van der Waals surface area contributed by atoms with Crippen LogP contribution in [0.3, 0.4) is 0 Å². The van der Waals surface area contributed by atoms with Crippen molar-refractivity contribution >= 4 is 56.3 Å². The molecule has 1 N–H and O–H groups in total. The van der Waals surface area contributed by atoms with E-state index in [9.17, 15) is 18.0 Å². The van der Waals surface area contributed by atoms with Crippen LogP contribution in [0.4, 0.5) is 11.4 Å². The van der Waals surface area contributed by atoms with Gasteiger partial charge in [0.05, 0.1) is 21.3 Å². The van der Waals surface area contributed by atoms with Crippen molar-refractivity contribution in [2.45, 2.75) is 4.90 Å². The van der Waals surface area contributed by atoms with Gasteiger partial charge in [0, 0.05) is 28.8 Å². The van der Waals surface area contributed by atoms with Crippen LogP contribution < -0.4 is 9.62 Å². The number of amides is 1. The molecule has 0 aliphatic heterocycles. The van der Waals surface area contributed by atoms with Crippen LogP contribution in [-0.2, 0) is 10.0 Å². The Morgan fingerprint density at radius 3 is 2.08 bits per heavy atom. The van der Waals surface area contributed by atoms with Crippen LogP contribution in [-0.4, -0.2) is 27.2 Å². The van der Waals surface area contributed by atoms with Crippen LogP contribution in [0.25, 0.3) is 0 Å². The van der Waals surface area contributed by atoms with E-state index in [2.05, 4.69) is 5.32 Å². The summed E-state index contributed by atoms with van der Waals surface area (Å²) in [6, 6.07) is 25.3. The predicted molar refractivity (Wildman–Crippen MR) is 143 cm³/mol. The smallest absolute Gasteiger partial charge is 0.264 e. The third-order valence-corrected chi connectivity index (χ3v) is 7.85.